The summed E-state index contributed by atoms with van der Waals surface area (Å²) >= 11 is 0. The van der Waals surface area contributed by atoms with Gasteiger partial charge in [-0.05, 0) is 0 Å². The Bertz CT molecular complexity index is 141. The number of hydrazine groups is 1. The van der Waals surface area contributed by atoms with E-state index in [0.29, 0.717) is 13.1 Å². The topological polar surface area (TPSA) is 75.8 Å². The van der Waals surface area contributed by atoms with E-state index in [1.165, 1.54) is 5.01 Å². The van der Waals surface area contributed by atoms with Crippen LogP contribution in [0.15, 0.2) is 5.18 Å². The lowest BCUT2D eigenvalue weighted by Gasteiger charge is -2.31. The summed E-state index contributed by atoms with van der Waals surface area (Å²) in [4.78, 5) is 20.0. The molecule has 0 bridgehead atoms. The Morgan fingerprint density at radius 2 is 2.22 bits per heavy atom. The van der Waals surface area contributed by atoms with Gasteiger partial charge in [0, 0.05) is 18.3 Å². The molecule has 1 fully saturated rings. The third-order valence-corrected chi connectivity index (χ3v) is 1.35. The maximum absolute atomic E-state index is 10.4. The number of nitrogens with two attached hydrogens (primary N) is 1. The molecule has 2 N–H and O–H groups in total. The van der Waals surface area contributed by atoms with Crippen molar-refractivity contribution in [3.63, 3.8) is 0 Å². The number of carbonyl (C=O) groups excluding carboxylic acids is 1. The van der Waals surface area contributed by atoms with Crippen LogP contribution in [0.3, 0.4) is 0 Å². The molecule has 0 radical (unpaired) electrons. The molecule has 0 aromatic heterocycles. The highest BCUT2D eigenvalue weighted by Gasteiger charge is 2.31. The number of rotatable bonds is 1. The molecule has 1 rings (SSSR count). The van der Waals surface area contributed by atoms with E-state index in [2.05, 4.69) is 5.18 Å². The molecule has 0 spiro atoms. The Morgan fingerprint density at radius 3 is 2.56 bits per heavy atom. The predicted octanol–water partition coefficient (Wildman–Crippen LogP) is -0.915. The first-order chi connectivity index (χ1) is 4.24. The Labute approximate surface area is 51.8 Å². The number of hydrogen-bond acceptors (Lipinski definition) is 4. The van der Waals surface area contributed by atoms with Gasteiger partial charge in [-0.15, -0.1) is 4.91 Å². The van der Waals surface area contributed by atoms with Gasteiger partial charge >= 0.3 is 0 Å². The zero-order valence-electron chi connectivity index (χ0n) is 4.78. The first-order valence-electron chi connectivity index (χ1n) is 2.61. The van der Waals surface area contributed by atoms with Crippen LogP contribution in [0.1, 0.15) is 0 Å². The molecule has 5 nitrogen and oxygen atoms in total. The van der Waals surface area contributed by atoms with Crippen molar-refractivity contribution in [3.05, 3.63) is 4.91 Å². The van der Waals surface area contributed by atoms with E-state index < -0.39 is 5.91 Å². The highest BCUT2D eigenvalue weighted by molar-refractivity contribution is 5.80. The van der Waals surface area contributed by atoms with Crippen LogP contribution >= 0.6 is 0 Å². The monoisotopic (exact) mass is 129 g/mol. The lowest BCUT2D eigenvalue weighted by molar-refractivity contribution is -0.126. The maximum atomic E-state index is 10.4. The van der Waals surface area contributed by atoms with E-state index >= 15 is 0 Å². The molecule has 0 atom stereocenters. The summed E-state index contributed by atoms with van der Waals surface area (Å²) in [5.41, 5.74) is 0. The number of carbonyl (C=O) groups is 1. The van der Waals surface area contributed by atoms with Gasteiger partial charge in [-0.3, -0.25) is 10.6 Å². The van der Waals surface area contributed by atoms with E-state index in [4.69, 9.17) is 5.84 Å². The van der Waals surface area contributed by atoms with Crippen molar-refractivity contribution in [2.75, 3.05) is 13.1 Å². The highest BCUT2D eigenvalue weighted by atomic mass is 16.3. The van der Waals surface area contributed by atoms with E-state index in [1.54, 1.807) is 0 Å². The SMILES string of the molecule is NN1CC(C(=O)N=O)C1. The normalized spacial score (nSPS) is 21.0. The standard InChI is InChI=1S/C4H7N3O2/c5-7-1-3(2-7)4(8)6-9/h3H,1-2,5H2. The second-order valence-electron chi connectivity index (χ2n) is 2.08. The van der Waals surface area contributed by atoms with Gasteiger partial charge in [-0.2, -0.15) is 0 Å². The third kappa shape index (κ3) is 1.11. The molecular formula is C4H7N3O2. The molecule has 1 amide bonds. The number of nitrogens with zero attached hydrogens (tertiary/aromatic N) is 2. The molecule has 0 aromatic carbocycles. The molecule has 1 heterocycles. The van der Waals surface area contributed by atoms with E-state index in [-0.39, 0.29) is 5.92 Å². The largest absolute Gasteiger partial charge is 0.292 e. The van der Waals surface area contributed by atoms with Gasteiger partial charge in [0.25, 0.3) is 5.91 Å². The Hall–Kier alpha value is -0.810. The van der Waals surface area contributed by atoms with Crippen molar-refractivity contribution in [1.29, 1.82) is 0 Å². The summed E-state index contributed by atoms with van der Waals surface area (Å²) < 4.78 is 0. The van der Waals surface area contributed by atoms with Gasteiger partial charge in [0.1, 0.15) is 0 Å². The van der Waals surface area contributed by atoms with Crippen molar-refractivity contribution in [2.45, 2.75) is 0 Å². The van der Waals surface area contributed by atoms with E-state index in [0.717, 1.165) is 0 Å². The molecule has 0 aromatic rings. The number of nitroso groups, excluding NO2 is 1. The quantitative estimate of drug-likeness (QED) is 0.367. The van der Waals surface area contributed by atoms with Crippen LogP contribution in [-0.2, 0) is 4.79 Å². The van der Waals surface area contributed by atoms with Crippen molar-refractivity contribution in [3.8, 4) is 0 Å². The Kier molecular flexibility index (Phi) is 1.54. The van der Waals surface area contributed by atoms with Crippen LogP contribution in [0, 0.1) is 10.8 Å². The van der Waals surface area contributed by atoms with Gasteiger partial charge in [-0.25, -0.2) is 5.01 Å². The summed E-state index contributed by atoms with van der Waals surface area (Å²) in [6.45, 7) is 0.926. The minimum atomic E-state index is -0.586. The van der Waals surface area contributed by atoms with Gasteiger partial charge in [0.2, 0.25) is 0 Å². The molecule has 1 aliphatic heterocycles. The minimum absolute atomic E-state index is 0.243. The molecule has 5 heteroatoms. The molecule has 0 saturated carbocycles. The van der Waals surface area contributed by atoms with E-state index in [9.17, 15) is 9.70 Å². The first kappa shape index (κ1) is 6.31. The molecular weight excluding hydrogens is 122 g/mol. The van der Waals surface area contributed by atoms with Crippen molar-refractivity contribution in [1.82, 2.24) is 5.01 Å². The van der Waals surface area contributed by atoms with Crippen LogP contribution in [0.5, 0.6) is 0 Å². The second-order valence-corrected chi connectivity index (χ2v) is 2.08. The van der Waals surface area contributed by atoms with Gasteiger partial charge in [-0.1, -0.05) is 0 Å². The predicted molar refractivity (Wildman–Crippen MR) is 30.1 cm³/mol. The zero-order chi connectivity index (χ0) is 6.85. The maximum Gasteiger partial charge on any atom is 0.292 e. The third-order valence-electron chi connectivity index (χ3n) is 1.35. The van der Waals surface area contributed by atoms with Gasteiger partial charge < -0.3 is 0 Å². The van der Waals surface area contributed by atoms with Crippen molar-refractivity contribution < 1.29 is 4.79 Å². The Morgan fingerprint density at radius 1 is 1.67 bits per heavy atom. The summed E-state index contributed by atoms with van der Waals surface area (Å²) in [5, 5.41) is 3.74. The van der Waals surface area contributed by atoms with Gasteiger partial charge in [0.15, 0.2) is 0 Å². The lowest BCUT2D eigenvalue weighted by atomic mass is 10.0. The average Bonchev–Trinajstić information content (AvgIpc) is 1.79. The first-order valence-corrected chi connectivity index (χ1v) is 2.61. The molecule has 1 aliphatic rings. The molecule has 0 unspecified atom stereocenters. The fourth-order valence-corrected chi connectivity index (χ4v) is 0.743. The molecule has 9 heavy (non-hydrogen) atoms. The summed E-state index contributed by atoms with van der Waals surface area (Å²) in [5.74, 6) is 4.37. The Balaban J connectivity index is 2.31. The van der Waals surface area contributed by atoms with Crippen LogP contribution in [0.4, 0.5) is 0 Å². The van der Waals surface area contributed by atoms with Crippen LogP contribution in [0.25, 0.3) is 0 Å². The second kappa shape index (κ2) is 2.20. The summed E-state index contributed by atoms with van der Waals surface area (Å²) in [6.07, 6.45) is 0. The summed E-state index contributed by atoms with van der Waals surface area (Å²) in [7, 11) is 0. The molecule has 50 valence electrons. The zero-order valence-corrected chi connectivity index (χ0v) is 4.78. The average molecular weight is 129 g/mol. The fraction of sp³-hybridized carbons (Fsp3) is 0.750. The minimum Gasteiger partial charge on any atom is -0.269 e. The highest BCUT2D eigenvalue weighted by Crippen LogP contribution is 2.11. The van der Waals surface area contributed by atoms with Crippen molar-refractivity contribution >= 4 is 5.91 Å². The smallest absolute Gasteiger partial charge is 0.269 e. The van der Waals surface area contributed by atoms with Crippen LogP contribution in [0.2, 0.25) is 0 Å². The van der Waals surface area contributed by atoms with Crippen LogP contribution < -0.4 is 5.84 Å². The molecule has 1 saturated heterocycles. The fourth-order valence-electron chi connectivity index (χ4n) is 0.743. The molecule has 0 aliphatic carbocycles. The summed E-state index contributed by atoms with van der Waals surface area (Å²) in [6, 6.07) is 0. The lowest BCUT2D eigenvalue weighted by Crippen LogP contribution is -2.53. The van der Waals surface area contributed by atoms with E-state index in [1.807, 2.05) is 0 Å². The van der Waals surface area contributed by atoms with Gasteiger partial charge in [0.05, 0.1) is 5.92 Å². The number of amides is 1. The number of hydrogen-bond donors (Lipinski definition) is 1. The van der Waals surface area contributed by atoms with Crippen molar-refractivity contribution in [2.24, 2.45) is 16.9 Å². The van der Waals surface area contributed by atoms with Crippen LogP contribution in [-0.4, -0.2) is 24.0 Å².